The standard InChI is InChI=1S/C12H27NO3/c1-4-6-7-15-8-11(14)9-16-10-12(3,13)5-2/h11,14H,4-10,13H2,1-3H3. The van der Waals surface area contributed by atoms with Crippen LogP contribution in [0, 0.1) is 0 Å². The van der Waals surface area contributed by atoms with Gasteiger partial charge in [-0.3, -0.25) is 0 Å². The summed E-state index contributed by atoms with van der Waals surface area (Å²) in [5, 5.41) is 9.53. The van der Waals surface area contributed by atoms with Gasteiger partial charge in [-0.25, -0.2) is 0 Å². The number of unbranched alkanes of at least 4 members (excludes halogenated alkanes) is 1. The van der Waals surface area contributed by atoms with Crippen LogP contribution in [0.1, 0.15) is 40.0 Å². The molecule has 0 aromatic carbocycles. The predicted octanol–water partition coefficient (Wildman–Crippen LogP) is 1.31. The predicted molar refractivity (Wildman–Crippen MR) is 65.4 cm³/mol. The fraction of sp³-hybridized carbons (Fsp3) is 1.00. The Morgan fingerprint density at radius 3 is 2.44 bits per heavy atom. The second-order valence-electron chi connectivity index (χ2n) is 4.61. The van der Waals surface area contributed by atoms with Crippen molar-refractivity contribution < 1.29 is 14.6 Å². The van der Waals surface area contributed by atoms with E-state index in [1.54, 1.807) is 0 Å². The molecule has 4 heteroatoms. The molecule has 0 aromatic rings. The average molecular weight is 233 g/mol. The van der Waals surface area contributed by atoms with Crippen LogP contribution in [-0.2, 0) is 9.47 Å². The van der Waals surface area contributed by atoms with E-state index in [9.17, 15) is 5.11 Å². The monoisotopic (exact) mass is 233 g/mol. The summed E-state index contributed by atoms with van der Waals surface area (Å²) in [6, 6.07) is 0. The van der Waals surface area contributed by atoms with Crippen LogP contribution in [0.3, 0.4) is 0 Å². The van der Waals surface area contributed by atoms with Crippen LogP contribution in [-0.4, -0.2) is 43.2 Å². The van der Waals surface area contributed by atoms with E-state index in [1.807, 2.05) is 13.8 Å². The lowest BCUT2D eigenvalue weighted by molar-refractivity contribution is -0.0284. The Labute approximate surface area is 99.1 Å². The molecule has 4 nitrogen and oxygen atoms in total. The van der Waals surface area contributed by atoms with Gasteiger partial charge in [0.05, 0.1) is 19.8 Å². The summed E-state index contributed by atoms with van der Waals surface area (Å²) in [7, 11) is 0. The van der Waals surface area contributed by atoms with E-state index in [2.05, 4.69) is 6.92 Å². The summed E-state index contributed by atoms with van der Waals surface area (Å²) in [5.74, 6) is 0. The fourth-order valence-corrected chi connectivity index (χ4v) is 1.04. The number of aliphatic hydroxyl groups is 1. The number of aliphatic hydroxyl groups excluding tert-OH is 1. The van der Waals surface area contributed by atoms with Gasteiger partial charge < -0.3 is 20.3 Å². The SMILES string of the molecule is CCCCOCC(O)COCC(C)(N)CC. The third-order valence-corrected chi connectivity index (χ3v) is 2.50. The Bertz CT molecular complexity index is 162. The summed E-state index contributed by atoms with van der Waals surface area (Å²) in [4.78, 5) is 0. The highest BCUT2D eigenvalue weighted by atomic mass is 16.5. The molecule has 0 heterocycles. The lowest BCUT2D eigenvalue weighted by Crippen LogP contribution is -2.41. The van der Waals surface area contributed by atoms with E-state index < -0.39 is 6.10 Å². The van der Waals surface area contributed by atoms with Gasteiger partial charge in [0.2, 0.25) is 0 Å². The van der Waals surface area contributed by atoms with Gasteiger partial charge in [-0.2, -0.15) is 0 Å². The number of ether oxygens (including phenoxy) is 2. The summed E-state index contributed by atoms with van der Waals surface area (Å²) in [5.41, 5.74) is 5.60. The molecule has 0 saturated carbocycles. The Kier molecular flexibility index (Phi) is 8.84. The molecule has 0 rings (SSSR count). The smallest absolute Gasteiger partial charge is 0.101 e. The van der Waals surface area contributed by atoms with Crippen molar-refractivity contribution in [2.45, 2.75) is 51.7 Å². The molecule has 0 aliphatic rings. The second kappa shape index (κ2) is 8.93. The molecule has 2 unspecified atom stereocenters. The minimum Gasteiger partial charge on any atom is -0.388 e. The maximum atomic E-state index is 9.53. The van der Waals surface area contributed by atoms with Gasteiger partial charge in [0.15, 0.2) is 0 Å². The molecule has 16 heavy (non-hydrogen) atoms. The largest absolute Gasteiger partial charge is 0.388 e. The van der Waals surface area contributed by atoms with Crippen molar-refractivity contribution in [2.24, 2.45) is 5.73 Å². The molecule has 0 aliphatic carbocycles. The fourth-order valence-electron chi connectivity index (χ4n) is 1.04. The Morgan fingerprint density at radius 2 is 1.88 bits per heavy atom. The van der Waals surface area contributed by atoms with E-state index in [4.69, 9.17) is 15.2 Å². The van der Waals surface area contributed by atoms with Crippen molar-refractivity contribution in [3.8, 4) is 0 Å². The maximum absolute atomic E-state index is 9.53. The first-order valence-corrected chi connectivity index (χ1v) is 6.14. The van der Waals surface area contributed by atoms with E-state index in [1.165, 1.54) is 0 Å². The van der Waals surface area contributed by atoms with Crippen molar-refractivity contribution >= 4 is 0 Å². The minimum absolute atomic E-state index is 0.291. The molecular weight excluding hydrogens is 206 g/mol. The Morgan fingerprint density at radius 1 is 1.25 bits per heavy atom. The number of rotatable bonds is 10. The average Bonchev–Trinajstić information content (AvgIpc) is 2.24. The molecular formula is C12H27NO3. The number of hydrogen-bond acceptors (Lipinski definition) is 4. The summed E-state index contributed by atoms with van der Waals surface area (Å²) < 4.78 is 10.6. The van der Waals surface area contributed by atoms with Crippen molar-refractivity contribution in [1.82, 2.24) is 0 Å². The van der Waals surface area contributed by atoms with Crippen molar-refractivity contribution in [2.75, 3.05) is 26.4 Å². The highest BCUT2D eigenvalue weighted by molar-refractivity contribution is 4.75. The lowest BCUT2D eigenvalue weighted by atomic mass is 10.0. The Balaban J connectivity index is 3.40. The number of hydrogen-bond donors (Lipinski definition) is 2. The highest BCUT2D eigenvalue weighted by Crippen LogP contribution is 2.05. The van der Waals surface area contributed by atoms with E-state index >= 15 is 0 Å². The maximum Gasteiger partial charge on any atom is 0.101 e. The van der Waals surface area contributed by atoms with Crippen LogP contribution in [0.4, 0.5) is 0 Å². The molecule has 2 atom stereocenters. The third-order valence-electron chi connectivity index (χ3n) is 2.50. The molecule has 3 N–H and O–H groups in total. The Hall–Kier alpha value is -0.160. The van der Waals surface area contributed by atoms with Crippen LogP contribution < -0.4 is 5.73 Å². The van der Waals surface area contributed by atoms with E-state index in [0.717, 1.165) is 19.3 Å². The van der Waals surface area contributed by atoms with E-state index in [-0.39, 0.29) is 5.54 Å². The quantitative estimate of drug-likeness (QED) is 0.558. The summed E-state index contributed by atoms with van der Waals surface area (Å²) in [6.45, 7) is 7.87. The second-order valence-corrected chi connectivity index (χ2v) is 4.61. The van der Waals surface area contributed by atoms with E-state index in [0.29, 0.717) is 26.4 Å². The van der Waals surface area contributed by atoms with Crippen molar-refractivity contribution in [3.05, 3.63) is 0 Å². The van der Waals surface area contributed by atoms with Crippen LogP contribution in [0.5, 0.6) is 0 Å². The van der Waals surface area contributed by atoms with Gasteiger partial charge >= 0.3 is 0 Å². The van der Waals surface area contributed by atoms with Gasteiger partial charge in [0.25, 0.3) is 0 Å². The zero-order chi connectivity index (χ0) is 12.4. The first-order valence-electron chi connectivity index (χ1n) is 6.14. The van der Waals surface area contributed by atoms with Crippen molar-refractivity contribution in [3.63, 3.8) is 0 Å². The van der Waals surface area contributed by atoms with Gasteiger partial charge in [-0.1, -0.05) is 20.3 Å². The van der Waals surface area contributed by atoms with Crippen LogP contribution in [0.25, 0.3) is 0 Å². The van der Waals surface area contributed by atoms with Gasteiger partial charge in [-0.15, -0.1) is 0 Å². The first-order chi connectivity index (χ1) is 7.52. The molecule has 0 saturated heterocycles. The molecule has 0 spiro atoms. The topological polar surface area (TPSA) is 64.7 Å². The molecule has 98 valence electrons. The molecule has 0 aromatic heterocycles. The van der Waals surface area contributed by atoms with Gasteiger partial charge in [0, 0.05) is 12.1 Å². The molecule has 0 radical (unpaired) electrons. The summed E-state index contributed by atoms with van der Waals surface area (Å²) in [6.07, 6.45) is 2.44. The molecule has 0 amide bonds. The summed E-state index contributed by atoms with van der Waals surface area (Å²) >= 11 is 0. The zero-order valence-electron chi connectivity index (χ0n) is 10.9. The van der Waals surface area contributed by atoms with Gasteiger partial charge in [0.1, 0.15) is 6.10 Å². The normalized spacial score (nSPS) is 17.1. The molecule has 0 fully saturated rings. The lowest BCUT2D eigenvalue weighted by Gasteiger charge is -2.23. The third kappa shape index (κ3) is 9.09. The number of nitrogens with two attached hydrogens (primary N) is 1. The molecule has 0 bridgehead atoms. The highest BCUT2D eigenvalue weighted by Gasteiger charge is 2.16. The van der Waals surface area contributed by atoms with Crippen LogP contribution in [0.15, 0.2) is 0 Å². The van der Waals surface area contributed by atoms with Crippen LogP contribution >= 0.6 is 0 Å². The van der Waals surface area contributed by atoms with Gasteiger partial charge in [-0.05, 0) is 19.8 Å². The zero-order valence-corrected chi connectivity index (χ0v) is 10.9. The van der Waals surface area contributed by atoms with Crippen LogP contribution in [0.2, 0.25) is 0 Å². The first kappa shape index (κ1) is 15.8. The van der Waals surface area contributed by atoms with Crippen molar-refractivity contribution in [1.29, 1.82) is 0 Å². The molecule has 0 aliphatic heterocycles. The minimum atomic E-state index is -0.551.